The number of aromatic nitrogens is 4. The van der Waals surface area contributed by atoms with E-state index in [9.17, 15) is 0 Å². The number of aromatic amines is 2. The summed E-state index contributed by atoms with van der Waals surface area (Å²) in [7, 11) is 0. The lowest BCUT2D eigenvalue weighted by atomic mass is 9.92. The third-order valence-electron chi connectivity index (χ3n) is 18.0. The highest BCUT2D eigenvalue weighted by Gasteiger charge is 2.21. The number of para-hydroxylation sites is 7. The monoisotopic (exact) mass is 1200 g/mol. The van der Waals surface area contributed by atoms with Crippen LogP contribution in [0.3, 0.4) is 0 Å². The zero-order valence-electron chi connectivity index (χ0n) is 47.8. The summed E-state index contributed by atoms with van der Waals surface area (Å²) < 4.78 is 23.9. The van der Waals surface area contributed by atoms with Crippen molar-refractivity contribution >= 4 is 169 Å². The molecule has 2 atom stereocenters. The molecule has 0 amide bonds. The fourth-order valence-electron chi connectivity index (χ4n) is 13.8. The van der Waals surface area contributed by atoms with Crippen LogP contribution in [-0.4, -0.2) is 31.2 Å². The van der Waals surface area contributed by atoms with E-state index in [0.717, 1.165) is 89.1 Å². The number of hydrogen-bond acceptors (Lipinski definition) is 5. The molecule has 0 bridgehead atoms. The molecule has 1 fully saturated rings. The van der Waals surface area contributed by atoms with Gasteiger partial charge in [0.05, 0.1) is 22.1 Å². The van der Waals surface area contributed by atoms with Gasteiger partial charge >= 0.3 is 0 Å². The molecular weight excluding hydrogens is 1150 g/mol. The lowest BCUT2D eigenvalue weighted by Crippen LogP contribution is -2.43. The summed E-state index contributed by atoms with van der Waals surface area (Å²) in [6.07, 6.45) is 4.80. The molecule has 7 heterocycles. The van der Waals surface area contributed by atoms with Crippen molar-refractivity contribution in [1.82, 2.24) is 19.1 Å². The number of H-pyrrole nitrogens is 2. The van der Waals surface area contributed by atoms with Crippen molar-refractivity contribution in [3.63, 3.8) is 0 Å². The highest BCUT2D eigenvalue weighted by atomic mass is 79.9. The van der Waals surface area contributed by atoms with Gasteiger partial charge < -0.3 is 43.8 Å². The number of hydrogen-bond donors (Lipinski definition) is 4. The van der Waals surface area contributed by atoms with E-state index in [4.69, 9.17) is 24.7 Å². The van der Waals surface area contributed by atoms with Crippen LogP contribution in [0.15, 0.2) is 266 Å². The summed E-state index contributed by atoms with van der Waals surface area (Å²) in [6, 6.07) is 88.0. The molecule has 0 unspecified atom stereocenters. The average Bonchev–Trinajstić information content (AvgIpc) is 1.63. The van der Waals surface area contributed by atoms with Crippen LogP contribution in [0, 0.1) is 0 Å². The number of benzene rings is 12. The second-order valence-electron chi connectivity index (χ2n) is 23.3. The third kappa shape index (κ3) is 8.66. The molecule has 12 aromatic carbocycles. The van der Waals surface area contributed by atoms with Crippen molar-refractivity contribution in [3.8, 4) is 11.4 Å². The van der Waals surface area contributed by atoms with Crippen molar-refractivity contribution in [1.29, 1.82) is 0 Å². The lowest BCUT2D eigenvalue weighted by Gasteiger charge is -2.24. The van der Waals surface area contributed by atoms with Crippen LogP contribution in [-0.2, 0) is 0 Å². The zero-order chi connectivity index (χ0) is 58.6. The van der Waals surface area contributed by atoms with Gasteiger partial charge in [-0.2, -0.15) is 0 Å². The quantitative estimate of drug-likeness (QED) is 0.137. The Bertz CT molecular complexity index is 5630. The van der Waals surface area contributed by atoms with E-state index < -0.39 is 0 Å². The Morgan fingerprint density at radius 3 is 1.11 bits per heavy atom. The highest BCUT2D eigenvalue weighted by molar-refractivity contribution is 9.10. The molecule has 20 rings (SSSR count). The molecule has 88 heavy (non-hydrogen) atoms. The van der Waals surface area contributed by atoms with Crippen molar-refractivity contribution in [2.24, 2.45) is 11.5 Å². The zero-order valence-corrected chi connectivity index (χ0v) is 49.4. The van der Waals surface area contributed by atoms with Crippen LogP contribution in [0.4, 0.5) is 0 Å². The Hall–Kier alpha value is -10.4. The van der Waals surface area contributed by atoms with Crippen LogP contribution in [0.5, 0.6) is 0 Å². The topological polar surface area (TPSA) is 133 Å². The Balaban J connectivity index is 0.000000116. The first kappa shape index (κ1) is 52.0. The van der Waals surface area contributed by atoms with Crippen LogP contribution >= 0.6 is 15.9 Å². The molecule has 1 aliphatic rings. The standard InChI is InChI=1S/C42H24N2O2.C18H12N2.C12H7BrO.C6H14N2/c1-5-13-35-27(9-1)31-23-32-28-10-2-6-14-36(28)44(26-18-20-42-34(22-26)30-12-4-8-16-40(30)46-42)38(32)24-37(31)43(35)25-17-19-41-33(21-25)29-11-3-7-15-39(29)45-41;1-3-7-15-11(5-1)13-9-14-12-6-2-4-8-16(12)20-18(14)10-17(13)19-15;13-8-5-6-12-10(7-8)9-3-1-2-4-11(9)14-12;7-5-3-1-2-4-6(5)8/h1-24H;1-10,19-20H;1-7H;5-6H,1-4,7-8H2/t;;;5-,6-/m...1/s1. The minimum Gasteiger partial charge on any atom is -0.456 e. The number of furan rings is 3. The molecule has 10 heteroatoms. The number of nitrogens with one attached hydrogen (secondary N) is 2. The van der Waals surface area contributed by atoms with Crippen LogP contribution in [0.1, 0.15) is 25.7 Å². The predicted molar refractivity (Wildman–Crippen MR) is 371 cm³/mol. The van der Waals surface area contributed by atoms with E-state index >= 15 is 0 Å². The Morgan fingerprint density at radius 1 is 0.295 bits per heavy atom. The molecule has 1 saturated carbocycles. The van der Waals surface area contributed by atoms with Gasteiger partial charge in [0.25, 0.3) is 0 Å². The van der Waals surface area contributed by atoms with E-state index in [1.54, 1.807) is 0 Å². The fourth-order valence-corrected chi connectivity index (χ4v) is 14.1. The number of nitrogens with zero attached hydrogens (tertiary/aromatic N) is 2. The molecule has 0 spiro atoms. The summed E-state index contributed by atoms with van der Waals surface area (Å²) in [5.74, 6) is 0. The lowest BCUT2D eigenvalue weighted by molar-refractivity contribution is 0.385. The molecule has 9 nitrogen and oxygen atoms in total. The van der Waals surface area contributed by atoms with Crippen LogP contribution in [0.2, 0.25) is 0 Å². The first-order chi connectivity index (χ1) is 43.3. The van der Waals surface area contributed by atoms with Crippen molar-refractivity contribution in [2.45, 2.75) is 37.8 Å². The largest absolute Gasteiger partial charge is 0.456 e. The van der Waals surface area contributed by atoms with Gasteiger partial charge in [-0.25, -0.2) is 0 Å². The van der Waals surface area contributed by atoms with Crippen LogP contribution < -0.4 is 11.5 Å². The van der Waals surface area contributed by atoms with Gasteiger partial charge in [-0.05, 0) is 134 Å². The van der Waals surface area contributed by atoms with E-state index in [1.165, 1.54) is 105 Å². The number of rotatable bonds is 2. The molecule has 1 aliphatic carbocycles. The Morgan fingerprint density at radius 2 is 0.659 bits per heavy atom. The number of halogens is 1. The van der Waals surface area contributed by atoms with Gasteiger partial charge in [0.15, 0.2) is 0 Å². The Kier molecular flexibility index (Phi) is 12.4. The summed E-state index contributed by atoms with van der Waals surface area (Å²) in [4.78, 5) is 6.99. The fraction of sp³-hybridized carbons (Fsp3) is 0.0769. The van der Waals surface area contributed by atoms with E-state index in [1.807, 2.05) is 54.6 Å². The molecule has 0 radical (unpaired) electrons. The normalized spacial score (nSPS) is 14.6. The van der Waals surface area contributed by atoms with Gasteiger partial charge in [-0.15, -0.1) is 0 Å². The van der Waals surface area contributed by atoms with Crippen molar-refractivity contribution < 1.29 is 13.3 Å². The predicted octanol–water partition coefficient (Wildman–Crippen LogP) is 21.2. The van der Waals surface area contributed by atoms with Crippen molar-refractivity contribution in [3.05, 3.63) is 253 Å². The highest BCUT2D eigenvalue weighted by Crippen LogP contribution is 2.42. The first-order valence-electron chi connectivity index (χ1n) is 30.1. The first-order valence-corrected chi connectivity index (χ1v) is 30.9. The number of fused-ring (bicyclic) bond motifs is 21. The molecule has 0 saturated heterocycles. The molecule has 19 aromatic rings. The number of nitrogens with two attached hydrogens (primary N) is 2. The minimum absolute atomic E-state index is 0.281. The second kappa shape index (κ2) is 21.0. The maximum Gasteiger partial charge on any atom is 0.135 e. The second-order valence-corrected chi connectivity index (χ2v) is 24.2. The van der Waals surface area contributed by atoms with Gasteiger partial charge in [0.1, 0.15) is 33.5 Å². The van der Waals surface area contributed by atoms with Gasteiger partial charge in [0, 0.05) is 125 Å². The molecular formula is C78H57BrN6O3. The molecule has 0 aliphatic heterocycles. The van der Waals surface area contributed by atoms with Gasteiger partial charge in [-0.3, -0.25) is 0 Å². The Labute approximate surface area is 512 Å². The maximum absolute atomic E-state index is 6.19. The summed E-state index contributed by atoms with van der Waals surface area (Å²) >= 11 is 3.46. The van der Waals surface area contributed by atoms with E-state index in [-0.39, 0.29) is 12.1 Å². The SMILES string of the molecule is Brc1ccc2oc3ccccc3c2c1.N[C@@H]1CCCC[C@H]1N.c1ccc2c(c1)[nH]c1cc3[nH]c4ccccc4c3cc12.c1ccc2c(c1)oc1ccc(-n3c4ccccc4c4cc5c6ccccc6n(-c6ccc7oc8ccccc8c7c6)c5cc43)cc12. The molecule has 6 N–H and O–H groups in total. The van der Waals surface area contributed by atoms with E-state index in [2.05, 4.69) is 229 Å². The smallest absolute Gasteiger partial charge is 0.135 e. The van der Waals surface area contributed by atoms with Gasteiger partial charge in [-0.1, -0.05) is 156 Å². The molecule has 424 valence electrons. The maximum atomic E-state index is 6.19. The third-order valence-corrected chi connectivity index (χ3v) is 18.5. The summed E-state index contributed by atoms with van der Waals surface area (Å²) in [6.45, 7) is 0. The van der Waals surface area contributed by atoms with E-state index in [0.29, 0.717) is 0 Å². The average molecular weight is 1210 g/mol. The van der Waals surface area contributed by atoms with Crippen molar-refractivity contribution in [2.75, 3.05) is 0 Å². The van der Waals surface area contributed by atoms with Gasteiger partial charge in [0.2, 0.25) is 0 Å². The van der Waals surface area contributed by atoms with Crippen LogP contribution in [0.25, 0.3) is 164 Å². The summed E-state index contributed by atoms with van der Waals surface area (Å²) in [5, 5.41) is 16.9. The summed E-state index contributed by atoms with van der Waals surface area (Å²) in [5.41, 5.74) is 28.5. The molecule has 7 aromatic heterocycles. The minimum atomic E-state index is 0.281.